The summed E-state index contributed by atoms with van der Waals surface area (Å²) in [6, 6.07) is 4.85. The molecular formula is C18H20F4N4OS. The van der Waals surface area contributed by atoms with Gasteiger partial charge in [0.05, 0.1) is 6.04 Å². The fourth-order valence-electron chi connectivity index (χ4n) is 3.32. The van der Waals surface area contributed by atoms with Crippen LogP contribution in [0.25, 0.3) is 0 Å². The van der Waals surface area contributed by atoms with E-state index in [1.807, 2.05) is 11.8 Å². The van der Waals surface area contributed by atoms with Gasteiger partial charge in [-0.3, -0.25) is 4.79 Å². The lowest BCUT2D eigenvalue weighted by molar-refractivity contribution is -0.174. The average Bonchev–Trinajstić information content (AvgIpc) is 3.11. The molecule has 1 aliphatic heterocycles. The van der Waals surface area contributed by atoms with Crippen LogP contribution in [-0.4, -0.2) is 41.4 Å². The molecule has 1 saturated heterocycles. The maximum atomic E-state index is 13.2. The molecule has 10 heteroatoms. The predicted molar refractivity (Wildman–Crippen MR) is 97.9 cm³/mol. The number of hydrogen-bond donors (Lipinski definition) is 1. The minimum Gasteiger partial charge on any atom is -0.345 e. The molecule has 2 heterocycles. The average molecular weight is 416 g/mol. The summed E-state index contributed by atoms with van der Waals surface area (Å²) in [4.78, 5) is 13.4. The van der Waals surface area contributed by atoms with Crippen molar-refractivity contribution in [1.29, 1.82) is 0 Å². The summed E-state index contributed by atoms with van der Waals surface area (Å²) >= 11 is 1.41. The van der Waals surface area contributed by atoms with Gasteiger partial charge in [0.2, 0.25) is 5.13 Å². The van der Waals surface area contributed by atoms with Crippen LogP contribution in [0.15, 0.2) is 24.3 Å². The summed E-state index contributed by atoms with van der Waals surface area (Å²) in [6.45, 7) is 2.75. The van der Waals surface area contributed by atoms with Gasteiger partial charge >= 0.3 is 12.1 Å². The van der Waals surface area contributed by atoms with E-state index in [0.29, 0.717) is 23.7 Å². The first kappa shape index (κ1) is 20.5. The van der Waals surface area contributed by atoms with Gasteiger partial charge in [-0.05, 0) is 30.5 Å². The molecule has 1 amide bonds. The number of nitrogens with one attached hydrogen (secondary N) is 1. The van der Waals surface area contributed by atoms with Crippen molar-refractivity contribution >= 4 is 22.4 Å². The van der Waals surface area contributed by atoms with Crippen LogP contribution in [0.4, 0.5) is 22.7 Å². The van der Waals surface area contributed by atoms with Gasteiger partial charge in [0.25, 0.3) is 0 Å². The van der Waals surface area contributed by atoms with E-state index in [0.717, 1.165) is 17.8 Å². The second-order valence-electron chi connectivity index (χ2n) is 6.70. The van der Waals surface area contributed by atoms with Crippen LogP contribution in [-0.2, 0) is 11.2 Å². The number of anilines is 1. The fraction of sp³-hybridized carbons (Fsp3) is 0.500. The Balaban J connectivity index is 1.81. The summed E-state index contributed by atoms with van der Waals surface area (Å²) < 4.78 is 51.6. The van der Waals surface area contributed by atoms with Gasteiger partial charge in [-0.2, -0.15) is 13.2 Å². The number of benzene rings is 1. The summed E-state index contributed by atoms with van der Waals surface area (Å²) in [5.41, 5.74) is 0.692. The fourth-order valence-corrected chi connectivity index (χ4v) is 4.29. The molecule has 28 heavy (non-hydrogen) atoms. The number of carbonyl (C=O) groups is 1. The molecule has 0 saturated carbocycles. The molecule has 0 aliphatic carbocycles. The van der Waals surface area contributed by atoms with Crippen molar-refractivity contribution in [3.63, 3.8) is 0 Å². The number of halogens is 4. The standard InChI is InChI=1S/C18H20F4N4OS/c1-2-3-15-24-25-17(28-15)26-9-8-13(11-4-6-12(19)7-5-11)14(10-26)23-16(27)18(20,21)22/h4-7,13-14H,2-3,8-10H2,1H3,(H,23,27). The summed E-state index contributed by atoms with van der Waals surface area (Å²) in [5.74, 6) is -2.75. The zero-order valence-electron chi connectivity index (χ0n) is 15.2. The third kappa shape index (κ3) is 4.78. The van der Waals surface area contributed by atoms with Gasteiger partial charge in [-0.15, -0.1) is 10.2 Å². The molecule has 1 aromatic carbocycles. The van der Waals surface area contributed by atoms with Crippen LogP contribution in [0.2, 0.25) is 0 Å². The number of alkyl halides is 3. The maximum absolute atomic E-state index is 13.2. The number of aryl methyl sites for hydroxylation is 1. The van der Waals surface area contributed by atoms with Crippen molar-refractivity contribution in [1.82, 2.24) is 15.5 Å². The highest BCUT2D eigenvalue weighted by atomic mass is 32.1. The summed E-state index contributed by atoms with van der Waals surface area (Å²) in [5, 5.41) is 11.9. The zero-order valence-corrected chi connectivity index (χ0v) is 16.0. The molecular weight excluding hydrogens is 396 g/mol. The summed E-state index contributed by atoms with van der Waals surface area (Å²) in [6.07, 6.45) is -2.76. The van der Waals surface area contributed by atoms with E-state index < -0.39 is 23.9 Å². The van der Waals surface area contributed by atoms with Crippen LogP contribution in [0, 0.1) is 5.82 Å². The van der Waals surface area contributed by atoms with Gasteiger partial charge in [-0.1, -0.05) is 30.4 Å². The molecule has 5 nitrogen and oxygen atoms in total. The largest absolute Gasteiger partial charge is 0.471 e. The number of aromatic nitrogens is 2. The monoisotopic (exact) mass is 416 g/mol. The lowest BCUT2D eigenvalue weighted by atomic mass is 9.85. The van der Waals surface area contributed by atoms with Gasteiger partial charge in [0, 0.05) is 25.4 Å². The van der Waals surface area contributed by atoms with Crippen LogP contribution in [0.3, 0.4) is 0 Å². The number of amides is 1. The Morgan fingerprint density at radius 3 is 2.64 bits per heavy atom. The second-order valence-corrected chi connectivity index (χ2v) is 7.74. The van der Waals surface area contributed by atoms with Crippen LogP contribution in [0.5, 0.6) is 0 Å². The molecule has 152 valence electrons. The Hall–Kier alpha value is -2.23. The predicted octanol–water partition coefficient (Wildman–Crippen LogP) is 3.67. The lowest BCUT2D eigenvalue weighted by Crippen LogP contribution is -2.54. The van der Waals surface area contributed by atoms with Crippen molar-refractivity contribution in [3.8, 4) is 0 Å². The number of rotatable bonds is 5. The Morgan fingerprint density at radius 1 is 1.29 bits per heavy atom. The first-order chi connectivity index (χ1) is 13.3. The van der Waals surface area contributed by atoms with E-state index >= 15 is 0 Å². The molecule has 3 rings (SSSR count). The summed E-state index contributed by atoms with van der Waals surface area (Å²) in [7, 11) is 0. The van der Waals surface area contributed by atoms with Crippen molar-refractivity contribution in [2.45, 2.75) is 44.3 Å². The third-order valence-corrected chi connectivity index (χ3v) is 5.72. The highest BCUT2D eigenvalue weighted by Gasteiger charge is 2.42. The van der Waals surface area contributed by atoms with E-state index in [2.05, 4.69) is 15.5 Å². The van der Waals surface area contributed by atoms with Crippen molar-refractivity contribution in [2.24, 2.45) is 0 Å². The second kappa shape index (κ2) is 8.42. The van der Waals surface area contributed by atoms with Gasteiger partial charge < -0.3 is 10.2 Å². The highest BCUT2D eigenvalue weighted by molar-refractivity contribution is 7.15. The SMILES string of the molecule is CCCc1nnc(N2CCC(c3ccc(F)cc3)C(NC(=O)C(F)(F)F)C2)s1. The molecule has 0 bridgehead atoms. The highest BCUT2D eigenvalue weighted by Crippen LogP contribution is 2.33. The molecule has 0 radical (unpaired) electrons. The molecule has 1 N–H and O–H groups in total. The first-order valence-corrected chi connectivity index (χ1v) is 9.80. The molecule has 1 aromatic heterocycles. The topological polar surface area (TPSA) is 58.1 Å². The smallest absolute Gasteiger partial charge is 0.345 e. The molecule has 2 unspecified atom stereocenters. The van der Waals surface area contributed by atoms with Crippen molar-refractivity contribution in [2.75, 3.05) is 18.0 Å². The molecule has 2 aromatic rings. The van der Waals surface area contributed by atoms with Crippen LogP contribution in [0.1, 0.15) is 36.3 Å². The van der Waals surface area contributed by atoms with E-state index in [9.17, 15) is 22.4 Å². The Morgan fingerprint density at radius 2 is 2.00 bits per heavy atom. The Kier molecular flexibility index (Phi) is 6.17. The van der Waals surface area contributed by atoms with Crippen molar-refractivity contribution in [3.05, 3.63) is 40.7 Å². The van der Waals surface area contributed by atoms with E-state index in [1.165, 1.54) is 23.5 Å². The molecule has 0 spiro atoms. The minimum atomic E-state index is -4.97. The zero-order chi connectivity index (χ0) is 20.3. The van der Waals surface area contributed by atoms with Crippen molar-refractivity contribution < 1.29 is 22.4 Å². The van der Waals surface area contributed by atoms with Crippen LogP contribution < -0.4 is 10.2 Å². The number of nitrogens with zero attached hydrogens (tertiary/aromatic N) is 3. The quantitative estimate of drug-likeness (QED) is 0.756. The van der Waals surface area contributed by atoms with Gasteiger partial charge in [0.1, 0.15) is 10.8 Å². The van der Waals surface area contributed by atoms with E-state index in [4.69, 9.17) is 0 Å². The lowest BCUT2D eigenvalue weighted by Gasteiger charge is -2.39. The molecule has 1 aliphatic rings. The molecule has 2 atom stereocenters. The normalized spacial score (nSPS) is 20.2. The molecule has 1 fully saturated rings. The van der Waals surface area contributed by atoms with E-state index in [1.54, 1.807) is 12.1 Å². The minimum absolute atomic E-state index is 0.171. The number of hydrogen-bond acceptors (Lipinski definition) is 5. The first-order valence-electron chi connectivity index (χ1n) is 8.98. The van der Waals surface area contributed by atoms with Gasteiger partial charge in [-0.25, -0.2) is 4.39 Å². The van der Waals surface area contributed by atoms with E-state index in [-0.39, 0.29) is 12.5 Å². The maximum Gasteiger partial charge on any atom is 0.471 e. The van der Waals surface area contributed by atoms with Crippen LogP contribution >= 0.6 is 11.3 Å². The van der Waals surface area contributed by atoms with Gasteiger partial charge in [0.15, 0.2) is 0 Å². The Labute approximate surface area is 163 Å². The number of carbonyl (C=O) groups excluding carboxylic acids is 1. The third-order valence-electron chi connectivity index (χ3n) is 4.68. The number of piperidine rings is 1. The Bertz CT molecular complexity index is 809.